The minimum absolute atomic E-state index is 0.218. The highest BCUT2D eigenvalue weighted by molar-refractivity contribution is 9.10. The molecule has 1 fully saturated rings. The molecule has 2 aliphatic heterocycles. The Morgan fingerprint density at radius 2 is 2.09 bits per heavy atom. The third-order valence-electron chi connectivity index (χ3n) is 4.06. The zero-order chi connectivity index (χ0) is 16.1. The topological polar surface area (TPSA) is 45.7 Å². The largest absolute Gasteiger partial charge is 0.444 e. The maximum atomic E-state index is 12.3. The van der Waals surface area contributed by atoms with Crippen molar-refractivity contribution in [3.05, 3.63) is 22.3 Å². The maximum Gasteiger partial charge on any atom is 0.410 e. The summed E-state index contributed by atoms with van der Waals surface area (Å²) in [7, 11) is 0. The molecule has 1 amide bonds. The highest BCUT2D eigenvalue weighted by Crippen LogP contribution is 2.36. The normalized spacial score (nSPS) is 24.0. The van der Waals surface area contributed by atoms with Crippen LogP contribution in [0.3, 0.4) is 0 Å². The molecule has 1 aromatic heterocycles. The van der Waals surface area contributed by atoms with E-state index in [4.69, 9.17) is 4.74 Å². The molecule has 0 aliphatic carbocycles. The number of carbonyl (C=O) groups is 1. The molecule has 2 aliphatic rings. The van der Waals surface area contributed by atoms with Crippen LogP contribution in [-0.4, -0.2) is 46.8 Å². The Balaban J connectivity index is 1.78. The second-order valence-electron chi connectivity index (χ2n) is 7.12. The van der Waals surface area contributed by atoms with Crippen LogP contribution in [-0.2, 0) is 11.2 Å². The number of pyridine rings is 1. The Kier molecular flexibility index (Phi) is 3.83. The molecule has 0 bridgehead atoms. The predicted molar refractivity (Wildman–Crippen MR) is 89.2 cm³/mol. The molecule has 0 spiro atoms. The molecular weight excluding hydrogens is 346 g/mol. The summed E-state index contributed by atoms with van der Waals surface area (Å²) in [4.78, 5) is 21.1. The van der Waals surface area contributed by atoms with Crippen LogP contribution in [0, 0.1) is 0 Å². The van der Waals surface area contributed by atoms with Crippen molar-refractivity contribution in [1.29, 1.82) is 0 Å². The minimum atomic E-state index is -0.456. The van der Waals surface area contributed by atoms with Crippen LogP contribution in [0.1, 0.15) is 33.3 Å². The fourth-order valence-electron chi connectivity index (χ4n) is 3.29. The van der Waals surface area contributed by atoms with Crippen LogP contribution >= 0.6 is 15.9 Å². The van der Waals surface area contributed by atoms with E-state index in [-0.39, 0.29) is 18.2 Å². The summed E-state index contributed by atoms with van der Waals surface area (Å²) in [6, 6.07) is 4.62. The zero-order valence-electron chi connectivity index (χ0n) is 13.5. The van der Waals surface area contributed by atoms with E-state index in [0.29, 0.717) is 13.1 Å². The first kappa shape index (κ1) is 15.6. The number of aromatic nitrogens is 1. The summed E-state index contributed by atoms with van der Waals surface area (Å²) in [5.41, 5.74) is 0.800. The Bertz CT molecular complexity index is 600. The Morgan fingerprint density at radius 3 is 2.77 bits per heavy atom. The number of hydrogen-bond acceptors (Lipinski definition) is 4. The van der Waals surface area contributed by atoms with Crippen molar-refractivity contribution in [1.82, 2.24) is 9.88 Å². The van der Waals surface area contributed by atoms with E-state index in [2.05, 4.69) is 38.8 Å². The fourth-order valence-corrected chi connectivity index (χ4v) is 3.59. The van der Waals surface area contributed by atoms with Gasteiger partial charge in [0.1, 0.15) is 16.0 Å². The number of halogens is 1. The van der Waals surface area contributed by atoms with E-state index in [9.17, 15) is 4.79 Å². The number of hydrogen-bond donors (Lipinski definition) is 0. The molecule has 3 heterocycles. The van der Waals surface area contributed by atoms with Gasteiger partial charge in [-0.05, 0) is 61.7 Å². The first-order valence-corrected chi connectivity index (χ1v) is 8.45. The average Bonchev–Trinajstić information content (AvgIpc) is 2.74. The molecule has 6 heteroatoms. The second kappa shape index (κ2) is 5.41. The number of nitrogens with zero attached hydrogens (tertiary/aromatic N) is 3. The summed E-state index contributed by atoms with van der Waals surface area (Å²) in [5, 5.41) is 0. The van der Waals surface area contributed by atoms with Crippen molar-refractivity contribution in [2.75, 3.05) is 18.0 Å². The number of rotatable bonds is 0. The van der Waals surface area contributed by atoms with Gasteiger partial charge < -0.3 is 14.5 Å². The maximum absolute atomic E-state index is 12.3. The number of anilines is 1. The number of ether oxygens (including phenoxy) is 1. The summed E-state index contributed by atoms with van der Waals surface area (Å²) in [6.45, 7) is 9.19. The molecule has 2 atom stereocenters. The van der Waals surface area contributed by atoms with Crippen molar-refractivity contribution >= 4 is 27.8 Å². The summed E-state index contributed by atoms with van der Waals surface area (Å²) >= 11 is 3.45. The summed E-state index contributed by atoms with van der Waals surface area (Å²) in [5.74, 6) is 1.05. The molecule has 1 saturated heterocycles. The van der Waals surface area contributed by atoms with Crippen LogP contribution in [0.25, 0.3) is 0 Å². The molecule has 3 rings (SSSR count). The van der Waals surface area contributed by atoms with Crippen LogP contribution in [0.4, 0.5) is 10.6 Å². The minimum Gasteiger partial charge on any atom is -0.444 e. The monoisotopic (exact) mass is 367 g/mol. The van der Waals surface area contributed by atoms with Crippen LogP contribution in [0.15, 0.2) is 16.7 Å². The average molecular weight is 368 g/mol. The van der Waals surface area contributed by atoms with E-state index >= 15 is 0 Å². The number of piperazine rings is 1. The van der Waals surface area contributed by atoms with Gasteiger partial charge in [-0.15, -0.1) is 0 Å². The lowest BCUT2D eigenvalue weighted by molar-refractivity contribution is 0.0191. The molecule has 0 unspecified atom stereocenters. The first-order valence-electron chi connectivity index (χ1n) is 7.66. The smallest absolute Gasteiger partial charge is 0.410 e. The highest BCUT2D eigenvalue weighted by atomic mass is 79.9. The van der Waals surface area contributed by atoms with E-state index in [1.165, 1.54) is 5.56 Å². The van der Waals surface area contributed by atoms with Gasteiger partial charge in [-0.25, -0.2) is 9.78 Å². The molecule has 22 heavy (non-hydrogen) atoms. The van der Waals surface area contributed by atoms with Gasteiger partial charge in [0.25, 0.3) is 0 Å². The quantitative estimate of drug-likeness (QED) is 0.660. The molecule has 0 aromatic carbocycles. The Hall–Kier alpha value is -1.30. The van der Waals surface area contributed by atoms with Crippen LogP contribution in [0.5, 0.6) is 0 Å². The summed E-state index contributed by atoms with van der Waals surface area (Å²) < 4.78 is 6.37. The molecule has 5 nitrogen and oxygen atoms in total. The van der Waals surface area contributed by atoms with Crippen LogP contribution < -0.4 is 4.90 Å². The number of carbonyl (C=O) groups excluding carboxylic acids is 1. The van der Waals surface area contributed by atoms with E-state index in [1.807, 2.05) is 31.7 Å². The molecule has 1 aromatic rings. The van der Waals surface area contributed by atoms with Crippen molar-refractivity contribution in [3.63, 3.8) is 0 Å². The van der Waals surface area contributed by atoms with Gasteiger partial charge in [0.05, 0.1) is 6.04 Å². The van der Waals surface area contributed by atoms with Gasteiger partial charge in [-0.2, -0.15) is 0 Å². The van der Waals surface area contributed by atoms with E-state index in [0.717, 1.165) is 16.8 Å². The van der Waals surface area contributed by atoms with Crippen molar-refractivity contribution in [3.8, 4) is 0 Å². The lowest BCUT2D eigenvalue weighted by atomic mass is 10.1. The molecule has 120 valence electrons. The van der Waals surface area contributed by atoms with Gasteiger partial charge in [-0.1, -0.05) is 6.07 Å². The third kappa shape index (κ3) is 2.93. The lowest BCUT2D eigenvalue weighted by Crippen LogP contribution is -2.58. The molecule has 0 N–H and O–H groups in total. The molecular formula is C16H22BrN3O2. The van der Waals surface area contributed by atoms with Crippen molar-refractivity contribution in [2.24, 2.45) is 0 Å². The number of fused-ring (bicyclic) bond motifs is 3. The van der Waals surface area contributed by atoms with Gasteiger partial charge >= 0.3 is 6.09 Å². The van der Waals surface area contributed by atoms with E-state index < -0.39 is 5.60 Å². The van der Waals surface area contributed by atoms with Crippen LogP contribution in [0.2, 0.25) is 0 Å². The van der Waals surface area contributed by atoms with Crippen molar-refractivity contribution < 1.29 is 9.53 Å². The fraction of sp³-hybridized carbons (Fsp3) is 0.625. The third-order valence-corrected chi connectivity index (χ3v) is 4.50. The second-order valence-corrected chi connectivity index (χ2v) is 7.93. The van der Waals surface area contributed by atoms with Gasteiger partial charge in [-0.3, -0.25) is 0 Å². The Labute approximate surface area is 139 Å². The standard InChI is InChI=1S/C16H22BrN3O2/c1-10-8-19(15(21)22-16(2,3)4)9-12-7-11-5-6-13(17)18-14(11)20(10)12/h5-6,10,12H,7-9H2,1-4H3/t10-,12+/m1/s1. The van der Waals surface area contributed by atoms with Crippen molar-refractivity contribution in [2.45, 2.75) is 51.8 Å². The Morgan fingerprint density at radius 1 is 1.36 bits per heavy atom. The number of amides is 1. The lowest BCUT2D eigenvalue weighted by Gasteiger charge is -2.43. The zero-order valence-corrected chi connectivity index (χ0v) is 15.1. The van der Waals surface area contributed by atoms with E-state index in [1.54, 1.807) is 0 Å². The molecule has 0 radical (unpaired) electrons. The first-order chi connectivity index (χ1) is 10.2. The van der Waals surface area contributed by atoms with Gasteiger partial charge in [0.15, 0.2) is 0 Å². The SMILES string of the molecule is C[C@@H]1CN(C(=O)OC(C)(C)C)C[C@@H]2Cc3ccc(Br)nc3N21. The highest BCUT2D eigenvalue weighted by Gasteiger charge is 2.41. The molecule has 0 saturated carbocycles. The van der Waals surface area contributed by atoms with Gasteiger partial charge in [0.2, 0.25) is 0 Å². The summed E-state index contributed by atoms with van der Waals surface area (Å²) in [6.07, 6.45) is 0.711. The van der Waals surface area contributed by atoms with Gasteiger partial charge in [0, 0.05) is 19.1 Å². The predicted octanol–water partition coefficient (Wildman–Crippen LogP) is 3.21.